The highest BCUT2D eigenvalue weighted by molar-refractivity contribution is 6.37. The van der Waals surface area contributed by atoms with E-state index in [4.69, 9.17) is 4.74 Å². The number of aromatic nitrogens is 1. The van der Waals surface area contributed by atoms with Crippen molar-refractivity contribution in [3.63, 3.8) is 0 Å². The largest absolute Gasteiger partial charge is 0.465 e. The number of pyridine rings is 1. The first kappa shape index (κ1) is 20.5. The summed E-state index contributed by atoms with van der Waals surface area (Å²) < 4.78 is 4.83. The van der Waals surface area contributed by atoms with Crippen LogP contribution < -0.4 is 4.90 Å². The third kappa shape index (κ3) is 3.87. The van der Waals surface area contributed by atoms with Crippen LogP contribution in [0, 0.1) is 5.92 Å². The quantitative estimate of drug-likeness (QED) is 0.438. The van der Waals surface area contributed by atoms with E-state index in [9.17, 15) is 9.59 Å². The Morgan fingerprint density at radius 2 is 1.81 bits per heavy atom. The summed E-state index contributed by atoms with van der Waals surface area (Å²) in [4.78, 5) is 31.7. The molecule has 5 nitrogen and oxygen atoms in total. The Balaban J connectivity index is 1.81. The molecule has 0 radical (unpaired) electrons. The molecule has 5 heteroatoms. The first-order valence-electron chi connectivity index (χ1n) is 10.2. The maximum absolute atomic E-state index is 13.7. The first-order chi connectivity index (χ1) is 15.0. The number of benzene rings is 2. The number of amides is 1. The molecule has 1 aliphatic heterocycles. The average Bonchev–Trinajstić information content (AvgIpc) is 3.06. The van der Waals surface area contributed by atoms with Crippen molar-refractivity contribution in [1.82, 2.24) is 4.98 Å². The molecule has 0 saturated carbocycles. The number of carbonyl (C=O) groups excluding carboxylic acids is 2. The van der Waals surface area contributed by atoms with E-state index in [-0.39, 0.29) is 11.8 Å². The number of allylic oxidation sites excluding steroid dienone is 1. The molecule has 31 heavy (non-hydrogen) atoms. The Hall–Kier alpha value is -3.73. The Kier molecular flexibility index (Phi) is 5.67. The van der Waals surface area contributed by atoms with Crippen molar-refractivity contribution in [2.45, 2.75) is 20.4 Å². The highest BCUT2D eigenvalue weighted by atomic mass is 16.5. The van der Waals surface area contributed by atoms with Gasteiger partial charge in [-0.15, -0.1) is 0 Å². The normalized spacial score (nSPS) is 14.6. The number of rotatable bonds is 5. The Bertz CT molecular complexity index is 1170. The van der Waals surface area contributed by atoms with Gasteiger partial charge in [-0.3, -0.25) is 9.78 Å². The number of hydrogen-bond donors (Lipinski definition) is 0. The van der Waals surface area contributed by atoms with Gasteiger partial charge < -0.3 is 9.64 Å². The third-order valence-electron chi connectivity index (χ3n) is 5.43. The second-order valence-electron chi connectivity index (χ2n) is 7.79. The van der Waals surface area contributed by atoms with Crippen LogP contribution in [-0.4, -0.2) is 24.0 Å². The second-order valence-corrected chi connectivity index (χ2v) is 7.79. The van der Waals surface area contributed by atoms with Crippen LogP contribution >= 0.6 is 0 Å². The van der Waals surface area contributed by atoms with Gasteiger partial charge in [-0.05, 0) is 46.9 Å². The molecule has 0 saturated heterocycles. The standard InChI is InChI=1S/C26H24N2O3/c1-17(2)23(20-10-7-13-27-15-20)24-21-11-4-5-12-22(21)28(25(24)29)16-18-8-6-9-19(14-18)26(30)31-3/h4-15,17H,16H2,1-3H3/b24-23+. The van der Waals surface area contributed by atoms with Gasteiger partial charge in [-0.25, -0.2) is 4.79 Å². The third-order valence-corrected chi connectivity index (χ3v) is 5.43. The minimum absolute atomic E-state index is 0.0442. The minimum atomic E-state index is -0.394. The molecule has 3 aromatic rings. The number of esters is 1. The van der Waals surface area contributed by atoms with Crippen molar-refractivity contribution in [3.8, 4) is 0 Å². The molecule has 2 heterocycles. The van der Waals surface area contributed by atoms with Crippen molar-refractivity contribution < 1.29 is 14.3 Å². The molecule has 0 fully saturated rings. The van der Waals surface area contributed by atoms with Crippen LogP contribution in [0.15, 0.2) is 73.1 Å². The van der Waals surface area contributed by atoms with E-state index in [0.717, 1.165) is 28.0 Å². The smallest absolute Gasteiger partial charge is 0.337 e. The van der Waals surface area contributed by atoms with Crippen molar-refractivity contribution in [1.29, 1.82) is 0 Å². The summed E-state index contributed by atoms with van der Waals surface area (Å²) in [6.07, 6.45) is 3.54. The van der Waals surface area contributed by atoms with Crippen LogP contribution in [-0.2, 0) is 16.1 Å². The van der Waals surface area contributed by atoms with E-state index in [0.29, 0.717) is 17.7 Å². The molecule has 0 spiro atoms. The lowest BCUT2D eigenvalue weighted by Crippen LogP contribution is -2.26. The summed E-state index contributed by atoms with van der Waals surface area (Å²) in [6, 6.07) is 18.9. The molecule has 2 aromatic carbocycles. The molecule has 4 rings (SSSR count). The predicted molar refractivity (Wildman–Crippen MR) is 121 cm³/mol. The lowest BCUT2D eigenvalue weighted by atomic mass is 9.89. The number of carbonyl (C=O) groups is 2. The van der Waals surface area contributed by atoms with Crippen molar-refractivity contribution in [3.05, 3.63) is 95.3 Å². The van der Waals surface area contributed by atoms with E-state index in [1.54, 1.807) is 35.5 Å². The van der Waals surface area contributed by atoms with E-state index < -0.39 is 5.97 Å². The zero-order valence-electron chi connectivity index (χ0n) is 17.8. The maximum atomic E-state index is 13.7. The summed E-state index contributed by atoms with van der Waals surface area (Å²) >= 11 is 0. The van der Waals surface area contributed by atoms with Crippen LogP contribution in [0.4, 0.5) is 5.69 Å². The summed E-state index contributed by atoms with van der Waals surface area (Å²) in [5.74, 6) is -0.301. The van der Waals surface area contributed by atoms with Crippen LogP contribution in [0.5, 0.6) is 0 Å². The van der Waals surface area contributed by atoms with Gasteiger partial charge in [-0.1, -0.05) is 50.2 Å². The lowest BCUT2D eigenvalue weighted by molar-refractivity contribution is -0.113. The topological polar surface area (TPSA) is 59.5 Å². The van der Waals surface area contributed by atoms with Crippen LogP contribution in [0.25, 0.3) is 11.1 Å². The van der Waals surface area contributed by atoms with E-state index in [1.165, 1.54) is 7.11 Å². The molecule has 0 atom stereocenters. The molecule has 0 aliphatic carbocycles. The fourth-order valence-corrected chi connectivity index (χ4v) is 4.08. The van der Waals surface area contributed by atoms with Crippen LogP contribution in [0.1, 0.15) is 40.9 Å². The second kappa shape index (κ2) is 8.56. The van der Waals surface area contributed by atoms with Crippen molar-refractivity contribution in [2.24, 2.45) is 5.92 Å². The summed E-state index contributed by atoms with van der Waals surface area (Å²) in [5.41, 5.74) is 5.76. The number of methoxy groups -OCH3 is 1. The molecule has 1 aliphatic rings. The van der Waals surface area contributed by atoms with Crippen LogP contribution in [0.3, 0.4) is 0 Å². The zero-order chi connectivity index (χ0) is 22.0. The highest BCUT2D eigenvalue weighted by Crippen LogP contribution is 2.43. The molecule has 0 unspecified atom stereocenters. The first-order valence-corrected chi connectivity index (χ1v) is 10.2. The number of anilines is 1. The van der Waals surface area contributed by atoms with Crippen LogP contribution in [0.2, 0.25) is 0 Å². The number of fused-ring (bicyclic) bond motifs is 1. The molecular weight excluding hydrogens is 388 g/mol. The Morgan fingerprint density at radius 1 is 1.03 bits per heavy atom. The van der Waals surface area contributed by atoms with E-state index in [2.05, 4.69) is 18.8 Å². The average molecular weight is 412 g/mol. The van der Waals surface area contributed by atoms with Crippen molar-refractivity contribution >= 4 is 28.7 Å². The van der Waals surface area contributed by atoms with E-state index >= 15 is 0 Å². The van der Waals surface area contributed by atoms with Gasteiger partial charge in [0, 0.05) is 18.0 Å². The SMILES string of the molecule is COC(=O)c1cccc(CN2C(=O)/C(=C(/c3cccnc3)C(C)C)c3ccccc32)c1. The van der Waals surface area contributed by atoms with Crippen molar-refractivity contribution in [2.75, 3.05) is 12.0 Å². The summed E-state index contributed by atoms with van der Waals surface area (Å²) in [7, 11) is 1.36. The Labute approximate surface area is 182 Å². The molecule has 1 amide bonds. The van der Waals surface area contributed by atoms with Gasteiger partial charge in [0.05, 0.1) is 30.5 Å². The Morgan fingerprint density at radius 3 is 2.52 bits per heavy atom. The van der Waals surface area contributed by atoms with Gasteiger partial charge in [0.2, 0.25) is 0 Å². The summed E-state index contributed by atoms with van der Waals surface area (Å²) in [6.45, 7) is 4.55. The lowest BCUT2D eigenvalue weighted by Gasteiger charge is -2.19. The fraction of sp³-hybridized carbons (Fsp3) is 0.192. The molecular formula is C26H24N2O3. The number of ether oxygens (including phenoxy) is 1. The number of para-hydroxylation sites is 1. The fourth-order valence-electron chi connectivity index (χ4n) is 4.08. The zero-order valence-corrected chi connectivity index (χ0v) is 17.8. The molecule has 0 N–H and O–H groups in total. The van der Waals surface area contributed by atoms with Gasteiger partial charge in [0.25, 0.3) is 5.91 Å². The number of nitrogens with zero attached hydrogens (tertiary/aromatic N) is 2. The van der Waals surface area contributed by atoms with Gasteiger partial charge in [-0.2, -0.15) is 0 Å². The van der Waals surface area contributed by atoms with E-state index in [1.807, 2.05) is 42.5 Å². The van der Waals surface area contributed by atoms with Gasteiger partial charge in [0.1, 0.15) is 0 Å². The highest BCUT2D eigenvalue weighted by Gasteiger charge is 2.35. The minimum Gasteiger partial charge on any atom is -0.465 e. The molecule has 1 aromatic heterocycles. The van der Waals surface area contributed by atoms with Gasteiger partial charge in [0.15, 0.2) is 0 Å². The van der Waals surface area contributed by atoms with Gasteiger partial charge >= 0.3 is 5.97 Å². The maximum Gasteiger partial charge on any atom is 0.337 e. The number of hydrogen-bond acceptors (Lipinski definition) is 4. The molecule has 156 valence electrons. The predicted octanol–water partition coefficient (Wildman–Crippen LogP) is 4.98. The molecule has 0 bridgehead atoms. The summed E-state index contributed by atoms with van der Waals surface area (Å²) in [5, 5.41) is 0. The monoisotopic (exact) mass is 412 g/mol.